The summed E-state index contributed by atoms with van der Waals surface area (Å²) in [6.45, 7) is 38.8. The molecule has 0 aliphatic rings. The molecule has 32 heavy (non-hydrogen) atoms. The second kappa shape index (κ2) is 129. The lowest BCUT2D eigenvalue weighted by Crippen LogP contribution is -1.77. The van der Waals surface area contributed by atoms with Gasteiger partial charge in [0.15, 0.2) is 0 Å². The Morgan fingerprint density at radius 2 is 0.969 bits per heavy atom. The van der Waals surface area contributed by atoms with E-state index in [1.165, 1.54) is 44.9 Å². The monoisotopic (exact) mass is 459 g/mol. The SMILES string of the molecule is C#CCC.C=CC=CC.CC.CC.CC.CC.CCC.CCC(C)C.CCCCCCC. The number of allylic oxidation sites excluding steroid dienone is 3. The van der Waals surface area contributed by atoms with Gasteiger partial charge in [0.2, 0.25) is 0 Å². The molecule has 0 nitrogen and oxygen atoms in total. The zero-order chi connectivity index (χ0) is 28.1. The van der Waals surface area contributed by atoms with Crippen molar-refractivity contribution in [3.63, 3.8) is 0 Å². The fourth-order valence-corrected chi connectivity index (χ4v) is 0.813. The van der Waals surface area contributed by atoms with Crippen LogP contribution in [0, 0.1) is 18.3 Å². The van der Waals surface area contributed by atoms with Crippen LogP contribution in [0.15, 0.2) is 24.8 Å². The molecule has 0 saturated heterocycles. The molecule has 0 rings (SSSR count). The number of hydrogen-bond acceptors (Lipinski definition) is 0. The van der Waals surface area contributed by atoms with Gasteiger partial charge in [-0.05, 0) is 12.8 Å². The van der Waals surface area contributed by atoms with E-state index in [0.29, 0.717) is 0 Å². The lowest BCUT2D eigenvalue weighted by Gasteiger charge is -1.90. The number of rotatable bonds is 6. The summed E-state index contributed by atoms with van der Waals surface area (Å²) in [5.41, 5.74) is 0. The predicted octanol–water partition coefficient (Wildman–Crippen LogP) is 13.3. The van der Waals surface area contributed by atoms with E-state index in [0.717, 1.165) is 12.3 Å². The maximum Gasteiger partial charge on any atom is 0.00576 e. The van der Waals surface area contributed by atoms with E-state index < -0.39 is 0 Å². The maximum absolute atomic E-state index is 4.78. The van der Waals surface area contributed by atoms with Gasteiger partial charge in [-0.15, -0.1) is 12.3 Å². The second-order valence-electron chi connectivity index (χ2n) is 5.89. The zero-order valence-corrected chi connectivity index (χ0v) is 26.8. The van der Waals surface area contributed by atoms with Gasteiger partial charge in [0.05, 0.1) is 0 Å². The molecule has 0 aliphatic carbocycles. The molecular weight excluding hydrogens is 384 g/mol. The van der Waals surface area contributed by atoms with Crippen molar-refractivity contribution in [2.75, 3.05) is 0 Å². The maximum atomic E-state index is 4.78. The van der Waals surface area contributed by atoms with Gasteiger partial charge in [-0.2, -0.15) is 0 Å². The first-order valence-electron chi connectivity index (χ1n) is 14.1. The molecule has 0 fully saturated rings. The van der Waals surface area contributed by atoms with Crippen LogP contribution >= 0.6 is 0 Å². The third-order valence-corrected chi connectivity index (χ3v) is 2.56. The summed E-state index contributed by atoms with van der Waals surface area (Å²) in [7, 11) is 0. The van der Waals surface area contributed by atoms with E-state index in [2.05, 4.69) is 61.0 Å². The minimum Gasteiger partial charge on any atom is -0.120 e. The van der Waals surface area contributed by atoms with Crippen LogP contribution in [-0.2, 0) is 0 Å². The topological polar surface area (TPSA) is 0 Å². The largest absolute Gasteiger partial charge is 0.120 e. The summed E-state index contributed by atoms with van der Waals surface area (Å²) in [5, 5.41) is 0. The lowest BCUT2D eigenvalue weighted by molar-refractivity contribution is 0.626. The molecule has 0 heterocycles. The highest BCUT2D eigenvalue weighted by Crippen LogP contribution is 2.00. The van der Waals surface area contributed by atoms with E-state index in [1.54, 1.807) is 6.08 Å². The number of unbranched alkanes of at least 4 members (excludes halogenated alkanes) is 4. The lowest BCUT2D eigenvalue weighted by atomic mass is 10.2. The van der Waals surface area contributed by atoms with Crippen LogP contribution in [0.25, 0.3) is 0 Å². The molecule has 0 aliphatic heterocycles. The summed E-state index contributed by atoms with van der Waals surface area (Å²) in [6.07, 6.45) is 20.8. The van der Waals surface area contributed by atoms with Gasteiger partial charge in [0, 0.05) is 6.42 Å². The Bertz CT molecular complexity index is 211. The molecule has 0 amide bonds. The van der Waals surface area contributed by atoms with Gasteiger partial charge in [0.1, 0.15) is 0 Å². The molecule has 0 spiro atoms. The van der Waals surface area contributed by atoms with Crippen molar-refractivity contribution in [3.05, 3.63) is 24.8 Å². The Labute approximate surface area is 212 Å². The highest BCUT2D eigenvalue weighted by molar-refractivity contribution is 4.94. The Kier molecular flexibility index (Phi) is 232. The van der Waals surface area contributed by atoms with Crippen LogP contribution < -0.4 is 0 Å². The quantitative estimate of drug-likeness (QED) is 0.211. The second-order valence-corrected chi connectivity index (χ2v) is 5.89. The molecule has 0 aromatic carbocycles. The Morgan fingerprint density at radius 1 is 0.719 bits per heavy atom. The van der Waals surface area contributed by atoms with E-state index >= 15 is 0 Å². The van der Waals surface area contributed by atoms with Crippen LogP contribution in [-0.4, -0.2) is 0 Å². The normalized spacial score (nSPS) is 6.91. The van der Waals surface area contributed by atoms with Gasteiger partial charge >= 0.3 is 0 Å². The fraction of sp³-hybridized carbons (Fsp3) is 0.812. The molecule has 0 unspecified atom stereocenters. The van der Waals surface area contributed by atoms with Crippen LogP contribution in [0.2, 0.25) is 0 Å². The standard InChI is InChI=1S/C7H16.C5H12.C5H8.C4H6.C3H8.4C2H6/c1-3-5-7-6-4-2;1-4-5(2)3;1-3-5-4-2;1-3-4-2;1-3-2;4*1-2/h3-7H2,1-2H3;5H,4H2,1-3H3;3-5H,1H2,2H3;1H,4H2,2H3;3H2,1-2H3;4*1-2H3. The van der Waals surface area contributed by atoms with Gasteiger partial charge in [-0.25, -0.2) is 0 Å². The van der Waals surface area contributed by atoms with Crippen LogP contribution in [0.4, 0.5) is 0 Å². The van der Waals surface area contributed by atoms with Crippen molar-refractivity contribution in [2.24, 2.45) is 5.92 Å². The Morgan fingerprint density at radius 3 is 1.03 bits per heavy atom. The molecule has 0 atom stereocenters. The molecule has 0 N–H and O–H groups in total. The predicted molar refractivity (Wildman–Crippen MR) is 165 cm³/mol. The summed E-state index contributed by atoms with van der Waals surface area (Å²) >= 11 is 0. The summed E-state index contributed by atoms with van der Waals surface area (Å²) in [4.78, 5) is 0. The van der Waals surface area contributed by atoms with E-state index in [9.17, 15) is 0 Å². The third kappa shape index (κ3) is 353. The smallest absolute Gasteiger partial charge is 0.00576 e. The van der Waals surface area contributed by atoms with Crippen molar-refractivity contribution in [2.45, 2.75) is 169 Å². The first-order chi connectivity index (χ1) is 15.4. The molecule has 0 saturated carbocycles. The van der Waals surface area contributed by atoms with Gasteiger partial charge in [-0.1, -0.05) is 181 Å². The van der Waals surface area contributed by atoms with E-state index in [4.69, 9.17) is 6.42 Å². The summed E-state index contributed by atoms with van der Waals surface area (Å²) < 4.78 is 0. The third-order valence-electron chi connectivity index (χ3n) is 2.56. The van der Waals surface area contributed by atoms with Crippen molar-refractivity contribution in [1.29, 1.82) is 0 Å². The minimum atomic E-state index is 0.847. The van der Waals surface area contributed by atoms with E-state index in [1.807, 2.05) is 81.4 Å². The number of hydrogen-bond donors (Lipinski definition) is 0. The summed E-state index contributed by atoms with van der Waals surface area (Å²) in [5.74, 6) is 3.31. The summed E-state index contributed by atoms with van der Waals surface area (Å²) in [6, 6.07) is 0. The van der Waals surface area contributed by atoms with Crippen molar-refractivity contribution >= 4 is 0 Å². The zero-order valence-electron chi connectivity index (χ0n) is 26.8. The minimum absolute atomic E-state index is 0.847. The molecule has 0 aromatic rings. The molecule has 0 radical (unpaired) electrons. The van der Waals surface area contributed by atoms with Crippen molar-refractivity contribution in [3.8, 4) is 12.3 Å². The van der Waals surface area contributed by atoms with Crippen LogP contribution in [0.5, 0.6) is 0 Å². The molecule has 202 valence electrons. The Balaban J connectivity index is -0.0000000278. The van der Waals surface area contributed by atoms with Gasteiger partial charge in [-0.3, -0.25) is 0 Å². The first kappa shape index (κ1) is 57.7. The molecule has 0 heteroatoms. The average molecular weight is 459 g/mol. The molecule has 0 aromatic heterocycles. The van der Waals surface area contributed by atoms with Crippen molar-refractivity contribution < 1.29 is 0 Å². The average Bonchev–Trinajstić information content (AvgIpc) is 2.86. The molecular formula is C32H74. The molecule has 0 bridgehead atoms. The Hall–Kier alpha value is -0.960. The van der Waals surface area contributed by atoms with Gasteiger partial charge < -0.3 is 0 Å². The van der Waals surface area contributed by atoms with Gasteiger partial charge in [0.25, 0.3) is 0 Å². The highest BCUT2D eigenvalue weighted by atomic mass is 13.9. The highest BCUT2D eigenvalue weighted by Gasteiger charge is 1.80. The van der Waals surface area contributed by atoms with E-state index in [-0.39, 0.29) is 0 Å². The van der Waals surface area contributed by atoms with Crippen LogP contribution in [0.1, 0.15) is 169 Å². The van der Waals surface area contributed by atoms with Crippen LogP contribution in [0.3, 0.4) is 0 Å². The first-order valence-corrected chi connectivity index (χ1v) is 14.1. The van der Waals surface area contributed by atoms with Crippen molar-refractivity contribution in [1.82, 2.24) is 0 Å². The number of terminal acetylenes is 1. The fourth-order valence-electron chi connectivity index (χ4n) is 0.813.